The summed E-state index contributed by atoms with van der Waals surface area (Å²) in [6, 6.07) is 3.41. The van der Waals surface area contributed by atoms with E-state index in [2.05, 4.69) is 10.1 Å². The molecule has 0 unspecified atom stereocenters. The van der Waals surface area contributed by atoms with Gasteiger partial charge in [-0.1, -0.05) is 12.8 Å². The molecule has 29 heavy (non-hydrogen) atoms. The zero-order chi connectivity index (χ0) is 20.6. The molecule has 158 valence electrons. The van der Waals surface area contributed by atoms with Gasteiger partial charge in [0.15, 0.2) is 5.82 Å². The summed E-state index contributed by atoms with van der Waals surface area (Å²) < 4.78 is 17.7. The Hall–Kier alpha value is -2.43. The molecule has 3 heterocycles. The molecule has 0 aromatic carbocycles. The first-order valence-electron chi connectivity index (χ1n) is 9.82. The van der Waals surface area contributed by atoms with Crippen molar-refractivity contribution in [3.63, 3.8) is 0 Å². The first-order chi connectivity index (χ1) is 13.9. The molecule has 1 aliphatic heterocycles. The lowest BCUT2D eigenvalue weighted by Gasteiger charge is -2.27. The molecule has 2 aromatic rings. The van der Waals surface area contributed by atoms with Gasteiger partial charge < -0.3 is 30.2 Å². The number of aliphatic hydroxyl groups excluding tert-OH is 2. The molecule has 10 nitrogen and oxygen atoms in total. The van der Waals surface area contributed by atoms with Gasteiger partial charge in [0.2, 0.25) is 0 Å². The van der Waals surface area contributed by atoms with E-state index in [0.717, 1.165) is 25.7 Å². The maximum atomic E-state index is 11.9. The van der Waals surface area contributed by atoms with Crippen LogP contribution >= 0.6 is 0 Å². The van der Waals surface area contributed by atoms with Gasteiger partial charge in [0.1, 0.15) is 42.4 Å². The largest absolute Gasteiger partial charge is 0.508 e. The van der Waals surface area contributed by atoms with Gasteiger partial charge >= 0.3 is 6.16 Å². The van der Waals surface area contributed by atoms with Gasteiger partial charge in [-0.05, 0) is 37.8 Å². The summed E-state index contributed by atoms with van der Waals surface area (Å²) in [5, 5.41) is 25.3. The zero-order valence-corrected chi connectivity index (χ0v) is 16.2. The number of nitrogens with two attached hydrogens (primary N) is 1. The number of carbonyl (C=O) groups is 1. The van der Waals surface area contributed by atoms with Crippen LogP contribution in [0.4, 0.5) is 10.6 Å². The lowest BCUT2D eigenvalue weighted by molar-refractivity contribution is -0.0940. The minimum atomic E-state index is -1.28. The number of hydrogen-bond acceptors (Lipinski definition) is 9. The first kappa shape index (κ1) is 19.9. The van der Waals surface area contributed by atoms with Crippen LogP contribution in [0.15, 0.2) is 18.5 Å². The van der Waals surface area contributed by atoms with E-state index in [-0.39, 0.29) is 12.4 Å². The summed E-state index contributed by atoms with van der Waals surface area (Å²) in [5.41, 5.74) is 5.63. The molecule has 4 rings (SSSR count). The Kier molecular flexibility index (Phi) is 5.32. The highest BCUT2D eigenvalue weighted by atomic mass is 16.7. The average molecular weight is 406 g/mol. The Labute approximate surface area is 167 Å². The normalized spacial score (nSPS) is 30.1. The van der Waals surface area contributed by atoms with Gasteiger partial charge in [-0.2, -0.15) is 5.10 Å². The third kappa shape index (κ3) is 3.63. The molecule has 4 atom stereocenters. The molecule has 1 aliphatic carbocycles. The quantitative estimate of drug-likeness (QED) is 0.620. The number of ether oxygens (including phenoxy) is 3. The van der Waals surface area contributed by atoms with Crippen LogP contribution in [0.25, 0.3) is 5.52 Å². The first-order valence-corrected chi connectivity index (χ1v) is 9.82. The van der Waals surface area contributed by atoms with Crippen LogP contribution < -0.4 is 5.73 Å². The fourth-order valence-electron chi connectivity index (χ4n) is 4.21. The lowest BCUT2D eigenvalue weighted by Crippen LogP contribution is -2.39. The van der Waals surface area contributed by atoms with Gasteiger partial charge in [0.25, 0.3) is 0 Å². The van der Waals surface area contributed by atoms with Crippen molar-refractivity contribution in [2.45, 2.75) is 56.5 Å². The van der Waals surface area contributed by atoms with Gasteiger partial charge in [-0.15, -0.1) is 0 Å². The molecular formula is C19H26N4O6. The van der Waals surface area contributed by atoms with E-state index in [4.69, 9.17) is 19.9 Å². The summed E-state index contributed by atoms with van der Waals surface area (Å²) in [5.74, 6) is 0.672. The minimum Gasteiger partial charge on any atom is -0.434 e. The topological polar surface area (TPSA) is 141 Å². The van der Waals surface area contributed by atoms with Gasteiger partial charge in [0, 0.05) is 0 Å². The Morgan fingerprint density at radius 2 is 2.03 bits per heavy atom. The van der Waals surface area contributed by atoms with Crippen LogP contribution in [0.1, 0.15) is 38.3 Å². The summed E-state index contributed by atoms with van der Waals surface area (Å²) >= 11 is 0. The van der Waals surface area contributed by atoms with E-state index in [1.165, 1.54) is 10.8 Å². The number of aromatic nitrogens is 3. The number of hydrogen-bond donors (Lipinski definition) is 3. The highest BCUT2D eigenvalue weighted by Gasteiger charge is 2.54. The van der Waals surface area contributed by atoms with E-state index in [9.17, 15) is 15.0 Å². The van der Waals surface area contributed by atoms with Crippen molar-refractivity contribution in [2.75, 3.05) is 18.9 Å². The molecule has 1 saturated heterocycles. The molecule has 0 spiro atoms. The number of fused-ring (bicyclic) bond motifs is 1. The monoisotopic (exact) mass is 406 g/mol. The van der Waals surface area contributed by atoms with Crippen LogP contribution in [0.5, 0.6) is 0 Å². The van der Waals surface area contributed by atoms with Gasteiger partial charge in [-0.3, -0.25) is 0 Å². The van der Waals surface area contributed by atoms with E-state index < -0.39 is 30.1 Å². The number of rotatable bonds is 5. The fraction of sp³-hybridized carbons (Fsp3) is 0.632. The Morgan fingerprint density at radius 3 is 2.79 bits per heavy atom. The van der Waals surface area contributed by atoms with Crippen molar-refractivity contribution in [1.82, 2.24) is 14.6 Å². The third-order valence-corrected chi connectivity index (χ3v) is 5.93. The number of aliphatic hydroxyl groups is 2. The smallest absolute Gasteiger partial charge is 0.434 e. The van der Waals surface area contributed by atoms with E-state index in [0.29, 0.717) is 23.7 Å². The van der Waals surface area contributed by atoms with Crippen molar-refractivity contribution < 1.29 is 29.2 Å². The average Bonchev–Trinajstić information content (AvgIpc) is 3.42. The number of carbonyl (C=O) groups excluding carboxylic acids is 1. The van der Waals surface area contributed by atoms with Crippen LogP contribution in [0.3, 0.4) is 0 Å². The summed E-state index contributed by atoms with van der Waals surface area (Å²) in [6.07, 6.45) is 1.49. The van der Waals surface area contributed by atoms with Crippen LogP contribution in [0, 0.1) is 5.92 Å². The Bertz CT molecular complexity index is 883. The highest BCUT2D eigenvalue weighted by molar-refractivity contribution is 5.65. The summed E-state index contributed by atoms with van der Waals surface area (Å²) in [6.45, 7) is 1.74. The van der Waals surface area contributed by atoms with Crippen LogP contribution in [-0.4, -0.2) is 62.5 Å². The van der Waals surface area contributed by atoms with Crippen LogP contribution in [-0.2, 0) is 19.8 Å². The fourth-order valence-corrected chi connectivity index (χ4v) is 4.21. The maximum absolute atomic E-state index is 11.9. The Balaban J connectivity index is 1.41. The SMILES string of the molecule is C[C@@]1(c2ccc3c(N)ncnn23)O[C@H](COC(=O)OCC2CCCC2)[C@@H](O)[C@H]1O. The minimum absolute atomic E-state index is 0.238. The number of nitrogen functional groups attached to an aromatic ring is 1. The third-order valence-electron chi connectivity index (χ3n) is 5.93. The lowest BCUT2D eigenvalue weighted by atomic mass is 9.93. The standard InChI is InChI=1S/C19H26N4O6/c1-19(14-7-6-12-17(20)21-10-22-23(12)14)16(25)15(24)13(29-19)9-28-18(26)27-8-11-4-2-3-5-11/h6-7,10-11,13,15-16,24-25H,2-5,8-9H2,1H3,(H2,20,21,22)/t13-,15-,16-,19+/m1/s1. The number of anilines is 1. The Morgan fingerprint density at radius 1 is 1.31 bits per heavy atom. The molecule has 0 amide bonds. The molecule has 0 radical (unpaired) electrons. The predicted octanol–water partition coefficient (Wildman–Crippen LogP) is 0.991. The van der Waals surface area contributed by atoms with E-state index in [1.807, 2.05) is 0 Å². The van der Waals surface area contributed by atoms with E-state index >= 15 is 0 Å². The second-order valence-electron chi connectivity index (χ2n) is 7.88. The summed E-state index contributed by atoms with van der Waals surface area (Å²) in [7, 11) is 0. The van der Waals surface area contributed by atoms with Crippen molar-refractivity contribution in [3.05, 3.63) is 24.2 Å². The summed E-state index contributed by atoms with van der Waals surface area (Å²) in [4.78, 5) is 15.8. The molecule has 4 N–H and O–H groups in total. The molecular weight excluding hydrogens is 380 g/mol. The van der Waals surface area contributed by atoms with E-state index in [1.54, 1.807) is 19.1 Å². The maximum Gasteiger partial charge on any atom is 0.508 e. The van der Waals surface area contributed by atoms with Gasteiger partial charge in [-0.25, -0.2) is 14.3 Å². The molecule has 10 heteroatoms. The van der Waals surface area contributed by atoms with Crippen molar-refractivity contribution in [2.24, 2.45) is 5.92 Å². The van der Waals surface area contributed by atoms with Crippen LogP contribution in [0.2, 0.25) is 0 Å². The zero-order valence-electron chi connectivity index (χ0n) is 16.2. The van der Waals surface area contributed by atoms with Crippen molar-refractivity contribution in [1.29, 1.82) is 0 Å². The molecule has 2 aromatic heterocycles. The molecule has 1 saturated carbocycles. The van der Waals surface area contributed by atoms with Crippen molar-refractivity contribution in [3.8, 4) is 0 Å². The molecule has 2 aliphatic rings. The molecule has 2 fully saturated rings. The second-order valence-corrected chi connectivity index (χ2v) is 7.88. The molecule has 0 bridgehead atoms. The van der Waals surface area contributed by atoms with Gasteiger partial charge in [0.05, 0.1) is 12.3 Å². The highest BCUT2D eigenvalue weighted by Crippen LogP contribution is 2.40. The second kappa shape index (κ2) is 7.77. The van der Waals surface area contributed by atoms with Crippen molar-refractivity contribution >= 4 is 17.5 Å². The predicted molar refractivity (Wildman–Crippen MR) is 101 cm³/mol. The number of nitrogens with zero attached hydrogens (tertiary/aromatic N) is 3.